The van der Waals surface area contributed by atoms with Gasteiger partial charge in [-0.05, 0) is 30.2 Å². The molecule has 0 spiro atoms. The molecule has 92 valence electrons. The Morgan fingerprint density at radius 3 is 2.59 bits per heavy atom. The van der Waals surface area contributed by atoms with Crippen LogP contribution in [-0.4, -0.2) is 5.11 Å². The second-order valence-electron chi connectivity index (χ2n) is 4.35. The molecule has 0 amide bonds. The normalized spacial score (nSPS) is 13.5. The summed E-state index contributed by atoms with van der Waals surface area (Å²) in [5.41, 5.74) is 0.773. The molecule has 2 aromatic rings. The van der Waals surface area contributed by atoms with Crippen LogP contribution in [0.1, 0.15) is 38.6 Å². The molecule has 0 aliphatic carbocycles. The van der Waals surface area contributed by atoms with Crippen LogP contribution in [0.15, 0.2) is 28.7 Å². The average Bonchev–Trinajstić information content (AvgIpc) is 2.73. The van der Waals surface area contributed by atoms with Crippen molar-refractivity contribution in [2.75, 3.05) is 0 Å². The fourth-order valence-electron chi connectivity index (χ4n) is 2.15. The van der Waals surface area contributed by atoms with Gasteiger partial charge >= 0.3 is 0 Å². The number of halogens is 1. The van der Waals surface area contributed by atoms with Crippen molar-refractivity contribution in [1.82, 2.24) is 0 Å². The Balaban J connectivity index is 2.35. The molecule has 0 radical (unpaired) electrons. The van der Waals surface area contributed by atoms with Gasteiger partial charge in [-0.25, -0.2) is 0 Å². The topological polar surface area (TPSA) is 33.4 Å². The van der Waals surface area contributed by atoms with E-state index in [0.29, 0.717) is 10.8 Å². The number of hydrogen-bond donors (Lipinski definition) is 1. The Hall–Kier alpha value is -0.990. The first-order valence-corrected chi connectivity index (χ1v) is 6.40. The lowest BCUT2D eigenvalue weighted by Crippen LogP contribution is -2.09. The van der Waals surface area contributed by atoms with E-state index in [1.165, 1.54) is 0 Å². The molecule has 0 aliphatic heterocycles. The Kier molecular flexibility index (Phi) is 3.75. The van der Waals surface area contributed by atoms with Gasteiger partial charge in [-0.1, -0.05) is 38.3 Å². The van der Waals surface area contributed by atoms with E-state index in [0.717, 1.165) is 23.8 Å². The summed E-state index contributed by atoms with van der Waals surface area (Å²) in [6, 6.07) is 7.36. The molecule has 2 rings (SSSR count). The van der Waals surface area contributed by atoms with E-state index in [4.69, 9.17) is 16.0 Å². The van der Waals surface area contributed by atoms with Gasteiger partial charge in [0.2, 0.25) is 0 Å². The standard InChI is InChI=1S/C14H17ClO2/c1-3-9(4-2)14(16)13-8-10-7-11(15)5-6-12(10)17-13/h5-9,14,16H,3-4H2,1-2H3. The second kappa shape index (κ2) is 5.11. The zero-order valence-corrected chi connectivity index (χ0v) is 10.9. The van der Waals surface area contributed by atoms with Gasteiger partial charge in [0.1, 0.15) is 17.4 Å². The van der Waals surface area contributed by atoms with E-state index in [9.17, 15) is 5.11 Å². The van der Waals surface area contributed by atoms with Crippen LogP contribution in [0.4, 0.5) is 0 Å². The van der Waals surface area contributed by atoms with Crippen LogP contribution in [-0.2, 0) is 0 Å². The van der Waals surface area contributed by atoms with E-state index in [1.54, 1.807) is 6.07 Å². The lowest BCUT2D eigenvalue weighted by molar-refractivity contribution is 0.0831. The molecule has 1 unspecified atom stereocenters. The van der Waals surface area contributed by atoms with E-state index >= 15 is 0 Å². The number of furan rings is 1. The van der Waals surface area contributed by atoms with Gasteiger partial charge in [0.05, 0.1) is 0 Å². The number of aliphatic hydroxyl groups is 1. The first-order valence-electron chi connectivity index (χ1n) is 6.02. The van der Waals surface area contributed by atoms with Crippen molar-refractivity contribution in [3.8, 4) is 0 Å². The summed E-state index contributed by atoms with van der Waals surface area (Å²) in [6.07, 6.45) is 1.35. The minimum Gasteiger partial charge on any atom is -0.458 e. The molecule has 0 bridgehead atoms. The molecule has 0 saturated carbocycles. The van der Waals surface area contributed by atoms with Crippen LogP contribution in [0.2, 0.25) is 5.02 Å². The first-order chi connectivity index (χ1) is 8.15. The predicted molar refractivity (Wildman–Crippen MR) is 70.3 cm³/mol. The number of benzene rings is 1. The summed E-state index contributed by atoms with van der Waals surface area (Å²) >= 11 is 5.92. The first kappa shape index (κ1) is 12.5. The highest BCUT2D eigenvalue weighted by molar-refractivity contribution is 6.31. The maximum atomic E-state index is 10.2. The highest BCUT2D eigenvalue weighted by atomic mass is 35.5. The van der Waals surface area contributed by atoms with Gasteiger partial charge in [-0.15, -0.1) is 0 Å². The minimum absolute atomic E-state index is 0.242. The third-order valence-electron chi connectivity index (χ3n) is 3.28. The summed E-state index contributed by atoms with van der Waals surface area (Å²) in [6.45, 7) is 4.16. The Morgan fingerprint density at radius 1 is 1.24 bits per heavy atom. The molecule has 1 aromatic carbocycles. The Labute approximate surface area is 106 Å². The molecular weight excluding hydrogens is 236 g/mol. The molecule has 1 N–H and O–H groups in total. The molecule has 17 heavy (non-hydrogen) atoms. The molecule has 2 nitrogen and oxygen atoms in total. The van der Waals surface area contributed by atoms with Gasteiger partial charge in [-0.3, -0.25) is 0 Å². The summed E-state index contributed by atoms with van der Waals surface area (Å²) < 4.78 is 5.66. The van der Waals surface area contributed by atoms with Gasteiger partial charge < -0.3 is 9.52 Å². The Bertz CT molecular complexity index is 500. The maximum Gasteiger partial charge on any atom is 0.134 e. The average molecular weight is 253 g/mol. The zero-order chi connectivity index (χ0) is 12.4. The van der Waals surface area contributed by atoms with Crippen LogP contribution >= 0.6 is 11.6 Å². The quantitative estimate of drug-likeness (QED) is 0.866. The van der Waals surface area contributed by atoms with E-state index < -0.39 is 6.10 Å². The van der Waals surface area contributed by atoms with Crippen molar-refractivity contribution in [3.05, 3.63) is 35.0 Å². The fraction of sp³-hybridized carbons (Fsp3) is 0.429. The van der Waals surface area contributed by atoms with Crippen molar-refractivity contribution in [1.29, 1.82) is 0 Å². The van der Waals surface area contributed by atoms with Crippen molar-refractivity contribution in [2.45, 2.75) is 32.8 Å². The van der Waals surface area contributed by atoms with Gasteiger partial charge in [0, 0.05) is 10.4 Å². The van der Waals surface area contributed by atoms with Crippen LogP contribution in [0.3, 0.4) is 0 Å². The van der Waals surface area contributed by atoms with E-state index in [-0.39, 0.29) is 5.92 Å². The van der Waals surface area contributed by atoms with Gasteiger partial charge in [-0.2, -0.15) is 0 Å². The van der Waals surface area contributed by atoms with E-state index in [2.05, 4.69) is 13.8 Å². The predicted octanol–water partition coefficient (Wildman–Crippen LogP) is 4.56. The van der Waals surface area contributed by atoms with Crippen LogP contribution in [0.5, 0.6) is 0 Å². The number of rotatable bonds is 4. The second-order valence-corrected chi connectivity index (χ2v) is 4.79. The number of hydrogen-bond acceptors (Lipinski definition) is 2. The number of fused-ring (bicyclic) bond motifs is 1. The summed E-state index contributed by atoms with van der Waals surface area (Å²) in [5, 5.41) is 11.8. The Morgan fingerprint density at radius 2 is 1.94 bits per heavy atom. The lowest BCUT2D eigenvalue weighted by atomic mass is 9.95. The summed E-state index contributed by atoms with van der Waals surface area (Å²) in [5.74, 6) is 0.877. The third kappa shape index (κ3) is 2.48. The van der Waals surface area contributed by atoms with Crippen molar-refractivity contribution in [2.24, 2.45) is 5.92 Å². The largest absolute Gasteiger partial charge is 0.458 e. The highest BCUT2D eigenvalue weighted by Gasteiger charge is 2.21. The van der Waals surface area contributed by atoms with Gasteiger partial charge in [0.25, 0.3) is 0 Å². The highest BCUT2D eigenvalue weighted by Crippen LogP contribution is 2.32. The fourth-order valence-corrected chi connectivity index (χ4v) is 2.33. The monoisotopic (exact) mass is 252 g/mol. The smallest absolute Gasteiger partial charge is 0.134 e. The molecule has 0 aliphatic rings. The molecule has 1 aromatic heterocycles. The number of aliphatic hydroxyl groups excluding tert-OH is 1. The maximum absolute atomic E-state index is 10.2. The summed E-state index contributed by atoms with van der Waals surface area (Å²) in [7, 11) is 0. The van der Waals surface area contributed by atoms with Crippen molar-refractivity contribution < 1.29 is 9.52 Å². The molecule has 0 fully saturated rings. The van der Waals surface area contributed by atoms with Gasteiger partial charge in [0.15, 0.2) is 0 Å². The summed E-state index contributed by atoms with van der Waals surface area (Å²) in [4.78, 5) is 0. The SMILES string of the molecule is CCC(CC)C(O)c1cc2cc(Cl)ccc2o1. The van der Waals surface area contributed by atoms with Crippen LogP contribution < -0.4 is 0 Å². The van der Waals surface area contributed by atoms with Crippen LogP contribution in [0.25, 0.3) is 11.0 Å². The van der Waals surface area contributed by atoms with E-state index in [1.807, 2.05) is 18.2 Å². The molecular formula is C14H17ClO2. The molecule has 1 heterocycles. The third-order valence-corrected chi connectivity index (χ3v) is 3.52. The zero-order valence-electron chi connectivity index (χ0n) is 10.1. The molecule has 3 heteroatoms. The van der Waals surface area contributed by atoms with Crippen molar-refractivity contribution in [3.63, 3.8) is 0 Å². The lowest BCUT2D eigenvalue weighted by Gasteiger charge is -2.17. The van der Waals surface area contributed by atoms with Crippen molar-refractivity contribution >= 4 is 22.6 Å². The molecule has 1 atom stereocenters. The van der Waals surface area contributed by atoms with Crippen LogP contribution in [0, 0.1) is 5.92 Å². The minimum atomic E-state index is -0.531. The molecule has 0 saturated heterocycles.